The summed E-state index contributed by atoms with van der Waals surface area (Å²) in [5.41, 5.74) is 1.60. The third kappa shape index (κ3) is 6.61. The average Bonchev–Trinajstić information content (AvgIpc) is 3.25. The number of aromatic nitrogens is 2. The smallest absolute Gasteiger partial charge is 0.254 e. The van der Waals surface area contributed by atoms with Crippen LogP contribution in [-0.2, 0) is 14.9 Å². The predicted octanol–water partition coefficient (Wildman–Crippen LogP) is 4.56. The molecule has 3 aromatic rings. The minimum atomic E-state index is -0.369. The van der Waals surface area contributed by atoms with E-state index in [1.165, 1.54) is 12.0 Å². The van der Waals surface area contributed by atoms with Crippen LogP contribution in [0.25, 0.3) is 5.69 Å². The van der Waals surface area contributed by atoms with Gasteiger partial charge in [0.05, 0.1) is 30.1 Å². The van der Waals surface area contributed by atoms with Crippen molar-refractivity contribution in [3.63, 3.8) is 0 Å². The Morgan fingerprint density at radius 2 is 1.83 bits per heavy atom. The number of nitrogens with one attached hydrogen (secondary N) is 1. The van der Waals surface area contributed by atoms with Crippen molar-refractivity contribution in [3.05, 3.63) is 70.9 Å². The summed E-state index contributed by atoms with van der Waals surface area (Å²) in [5, 5.41) is 8.11. The normalized spacial score (nSPS) is 11.3. The summed E-state index contributed by atoms with van der Waals surface area (Å²) in [6.07, 6.45) is 0. The van der Waals surface area contributed by atoms with Crippen molar-refractivity contribution in [1.82, 2.24) is 14.7 Å². The number of anilines is 1. The number of rotatable bonds is 9. The quantitative estimate of drug-likeness (QED) is 0.467. The molecule has 1 heterocycles. The van der Waals surface area contributed by atoms with Crippen molar-refractivity contribution in [2.45, 2.75) is 26.2 Å². The number of para-hydroxylation sites is 1. The molecule has 0 spiro atoms. The highest BCUT2D eigenvalue weighted by atomic mass is 35.5. The Morgan fingerprint density at radius 1 is 1.09 bits per heavy atom. The molecule has 3 rings (SSSR count). The van der Waals surface area contributed by atoms with E-state index in [9.17, 15) is 9.59 Å². The fourth-order valence-corrected chi connectivity index (χ4v) is 3.61. The molecule has 1 aromatic heterocycles. The second-order valence-corrected chi connectivity index (χ2v) is 9.43. The molecule has 0 atom stereocenters. The SMILES string of the molecule is COCCN(CC(=O)Nc1cc(C(C)(C)C)nn1-c1ccccc1Cl)C(=O)c1cccc(OC)c1. The first kappa shape index (κ1) is 26.2. The number of hydrogen-bond acceptors (Lipinski definition) is 5. The molecule has 186 valence electrons. The molecule has 0 saturated heterocycles. The summed E-state index contributed by atoms with van der Waals surface area (Å²) in [6.45, 7) is 6.48. The van der Waals surface area contributed by atoms with Gasteiger partial charge in [0, 0.05) is 30.7 Å². The van der Waals surface area contributed by atoms with Gasteiger partial charge in [0.25, 0.3) is 5.91 Å². The zero-order chi connectivity index (χ0) is 25.6. The van der Waals surface area contributed by atoms with Crippen molar-refractivity contribution in [2.75, 3.05) is 39.2 Å². The highest BCUT2D eigenvalue weighted by Gasteiger charge is 2.24. The van der Waals surface area contributed by atoms with Gasteiger partial charge in [-0.25, -0.2) is 4.68 Å². The molecule has 9 heteroatoms. The number of methoxy groups -OCH3 is 2. The molecule has 0 bridgehead atoms. The fourth-order valence-electron chi connectivity index (χ4n) is 3.39. The Bertz CT molecular complexity index is 1190. The van der Waals surface area contributed by atoms with Gasteiger partial charge in [-0.3, -0.25) is 9.59 Å². The molecule has 0 radical (unpaired) electrons. The van der Waals surface area contributed by atoms with Gasteiger partial charge in [-0.15, -0.1) is 0 Å². The summed E-state index contributed by atoms with van der Waals surface area (Å²) in [5.74, 6) is 0.357. The first-order valence-corrected chi connectivity index (χ1v) is 11.6. The molecule has 0 aliphatic carbocycles. The van der Waals surface area contributed by atoms with Crippen molar-refractivity contribution in [3.8, 4) is 11.4 Å². The maximum atomic E-state index is 13.2. The largest absolute Gasteiger partial charge is 0.497 e. The van der Waals surface area contributed by atoms with E-state index in [0.717, 1.165) is 5.69 Å². The molecule has 0 unspecified atom stereocenters. The van der Waals surface area contributed by atoms with Crippen LogP contribution >= 0.6 is 11.6 Å². The van der Waals surface area contributed by atoms with E-state index in [1.807, 2.05) is 45.0 Å². The van der Waals surface area contributed by atoms with Gasteiger partial charge < -0.3 is 19.7 Å². The lowest BCUT2D eigenvalue weighted by Gasteiger charge is -2.22. The molecule has 2 aromatic carbocycles. The molecular formula is C26H31ClN4O4. The number of hydrogen-bond donors (Lipinski definition) is 1. The molecule has 0 aliphatic rings. The van der Waals surface area contributed by atoms with Gasteiger partial charge in [-0.2, -0.15) is 5.10 Å². The predicted molar refractivity (Wildman–Crippen MR) is 137 cm³/mol. The second kappa shape index (κ2) is 11.4. The van der Waals surface area contributed by atoms with Crippen LogP contribution in [0.1, 0.15) is 36.8 Å². The lowest BCUT2D eigenvalue weighted by molar-refractivity contribution is -0.117. The topological polar surface area (TPSA) is 85.7 Å². The summed E-state index contributed by atoms with van der Waals surface area (Å²) in [4.78, 5) is 27.7. The zero-order valence-electron chi connectivity index (χ0n) is 20.7. The van der Waals surface area contributed by atoms with E-state index in [2.05, 4.69) is 5.32 Å². The summed E-state index contributed by atoms with van der Waals surface area (Å²) in [7, 11) is 3.08. The monoisotopic (exact) mass is 498 g/mol. The van der Waals surface area contributed by atoms with E-state index in [0.29, 0.717) is 27.8 Å². The molecular weight excluding hydrogens is 468 g/mol. The highest BCUT2D eigenvalue weighted by molar-refractivity contribution is 6.32. The number of carbonyl (C=O) groups is 2. The Hall–Kier alpha value is -3.36. The number of amides is 2. The lowest BCUT2D eigenvalue weighted by atomic mass is 9.92. The standard InChI is InChI=1S/C26H31ClN4O4/c1-26(2,3)22-16-23(31(29-22)21-12-7-6-11-20(21)27)28-24(32)17-30(13-14-34-4)25(33)18-9-8-10-19(15-18)35-5/h6-12,15-16H,13-14,17H2,1-5H3,(H,28,32). The number of benzene rings is 2. The van der Waals surface area contributed by atoms with Crippen molar-refractivity contribution >= 4 is 29.2 Å². The first-order chi connectivity index (χ1) is 16.6. The van der Waals surface area contributed by atoms with Crippen molar-refractivity contribution in [2.24, 2.45) is 0 Å². The van der Waals surface area contributed by atoms with Crippen molar-refractivity contribution < 1.29 is 19.1 Å². The van der Waals surface area contributed by atoms with Crippen LogP contribution < -0.4 is 10.1 Å². The Balaban J connectivity index is 1.87. The zero-order valence-corrected chi connectivity index (χ0v) is 21.4. The molecule has 8 nitrogen and oxygen atoms in total. The van der Waals surface area contributed by atoms with Crippen LogP contribution in [0, 0.1) is 0 Å². The molecule has 0 fully saturated rings. The van der Waals surface area contributed by atoms with Crippen molar-refractivity contribution in [1.29, 1.82) is 0 Å². The number of carbonyl (C=O) groups excluding carboxylic acids is 2. The van der Waals surface area contributed by atoms with Crippen LogP contribution in [0.2, 0.25) is 5.02 Å². The van der Waals surface area contributed by atoms with Crippen LogP contribution in [0.3, 0.4) is 0 Å². The highest BCUT2D eigenvalue weighted by Crippen LogP contribution is 2.29. The minimum Gasteiger partial charge on any atom is -0.497 e. The molecule has 0 saturated carbocycles. The summed E-state index contributed by atoms with van der Waals surface area (Å²) in [6, 6.07) is 15.9. The maximum absolute atomic E-state index is 13.2. The van der Waals surface area contributed by atoms with Gasteiger partial charge in [-0.1, -0.05) is 50.6 Å². The molecule has 1 N–H and O–H groups in total. The van der Waals surface area contributed by atoms with Gasteiger partial charge in [-0.05, 0) is 30.3 Å². The third-order valence-electron chi connectivity index (χ3n) is 5.33. The minimum absolute atomic E-state index is 0.169. The van der Waals surface area contributed by atoms with E-state index >= 15 is 0 Å². The molecule has 35 heavy (non-hydrogen) atoms. The number of nitrogens with zero attached hydrogens (tertiary/aromatic N) is 3. The van der Waals surface area contributed by atoms with Crippen LogP contribution in [0.5, 0.6) is 5.75 Å². The van der Waals surface area contributed by atoms with Gasteiger partial charge in [0.1, 0.15) is 18.1 Å². The fraction of sp³-hybridized carbons (Fsp3) is 0.346. The van der Waals surface area contributed by atoms with E-state index in [-0.39, 0.29) is 36.9 Å². The summed E-state index contributed by atoms with van der Waals surface area (Å²) >= 11 is 6.42. The van der Waals surface area contributed by atoms with Gasteiger partial charge in [0.2, 0.25) is 5.91 Å². The van der Waals surface area contributed by atoms with Crippen LogP contribution in [-0.4, -0.2) is 60.4 Å². The van der Waals surface area contributed by atoms with E-state index < -0.39 is 0 Å². The average molecular weight is 499 g/mol. The number of halogens is 1. The Kier molecular flexibility index (Phi) is 8.53. The lowest BCUT2D eigenvalue weighted by Crippen LogP contribution is -2.40. The van der Waals surface area contributed by atoms with E-state index in [4.69, 9.17) is 26.2 Å². The third-order valence-corrected chi connectivity index (χ3v) is 5.65. The van der Waals surface area contributed by atoms with E-state index in [1.54, 1.807) is 42.1 Å². The Labute approximate surface area is 210 Å². The maximum Gasteiger partial charge on any atom is 0.254 e. The van der Waals surface area contributed by atoms with Crippen LogP contribution in [0.15, 0.2) is 54.6 Å². The van der Waals surface area contributed by atoms with Gasteiger partial charge >= 0.3 is 0 Å². The van der Waals surface area contributed by atoms with Crippen LogP contribution in [0.4, 0.5) is 5.82 Å². The molecule has 2 amide bonds. The molecule has 0 aliphatic heterocycles. The first-order valence-electron chi connectivity index (χ1n) is 11.2. The number of ether oxygens (including phenoxy) is 2. The Morgan fingerprint density at radius 3 is 2.49 bits per heavy atom. The van der Waals surface area contributed by atoms with Gasteiger partial charge in [0.15, 0.2) is 0 Å². The summed E-state index contributed by atoms with van der Waals surface area (Å²) < 4.78 is 12.0. The second-order valence-electron chi connectivity index (χ2n) is 9.03.